The van der Waals surface area contributed by atoms with Crippen LogP contribution in [0.2, 0.25) is 0 Å². The number of halogens is 1. The van der Waals surface area contributed by atoms with Crippen molar-refractivity contribution >= 4 is 29.9 Å². The zero-order chi connectivity index (χ0) is 17.1. The summed E-state index contributed by atoms with van der Waals surface area (Å²) >= 11 is 0. The molecule has 0 atom stereocenters. The number of aliphatic imine (C=N–C) groups is 1. The van der Waals surface area contributed by atoms with Crippen LogP contribution in [-0.2, 0) is 6.42 Å². The number of nitrogens with one attached hydrogen (secondary N) is 2. The van der Waals surface area contributed by atoms with E-state index in [-0.39, 0.29) is 24.0 Å². The molecule has 0 radical (unpaired) electrons. The number of hydrogen-bond donors (Lipinski definition) is 2. The van der Waals surface area contributed by atoms with E-state index in [1.54, 1.807) is 21.3 Å². The van der Waals surface area contributed by atoms with Gasteiger partial charge in [-0.3, -0.25) is 4.99 Å². The third-order valence-corrected chi connectivity index (χ3v) is 3.14. The zero-order valence-electron chi connectivity index (χ0n) is 14.6. The summed E-state index contributed by atoms with van der Waals surface area (Å²) in [5.41, 5.74) is 1.00. The third-order valence-electron chi connectivity index (χ3n) is 3.14. The van der Waals surface area contributed by atoms with Crippen LogP contribution in [0.15, 0.2) is 17.1 Å². The summed E-state index contributed by atoms with van der Waals surface area (Å²) in [4.78, 5) is 4.49. The molecule has 2 N–H and O–H groups in total. The van der Waals surface area contributed by atoms with Crippen LogP contribution >= 0.6 is 24.0 Å². The molecule has 0 aliphatic carbocycles. The number of ether oxygens (including phenoxy) is 3. The molecule has 0 saturated carbocycles. The highest BCUT2D eigenvalue weighted by molar-refractivity contribution is 14.0. The Morgan fingerprint density at radius 3 is 2.38 bits per heavy atom. The van der Waals surface area contributed by atoms with E-state index in [1.807, 2.05) is 19.1 Å². The fourth-order valence-corrected chi connectivity index (χ4v) is 2.12. The molecular weight excluding hydrogens is 421 g/mol. The molecule has 1 aromatic carbocycles. The molecule has 6 nitrogen and oxygen atoms in total. The van der Waals surface area contributed by atoms with Crippen molar-refractivity contribution in [3.05, 3.63) is 17.7 Å². The second kappa shape index (κ2) is 12.6. The normalized spacial score (nSPS) is 10.2. The van der Waals surface area contributed by atoms with E-state index in [1.165, 1.54) is 0 Å². The van der Waals surface area contributed by atoms with Crippen molar-refractivity contribution in [3.8, 4) is 29.6 Å². The summed E-state index contributed by atoms with van der Waals surface area (Å²) in [7, 11) is 4.80. The lowest BCUT2D eigenvalue weighted by Gasteiger charge is -2.15. The van der Waals surface area contributed by atoms with Gasteiger partial charge in [0.05, 0.1) is 27.9 Å². The molecule has 0 aliphatic rings. The number of methoxy groups -OCH3 is 3. The molecule has 0 spiro atoms. The molecule has 0 fully saturated rings. The number of hydrogen-bond acceptors (Lipinski definition) is 4. The Bertz CT molecular complexity index is 571. The van der Waals surface area contributed by atoms with Gasteiger partial charge in [-0.1, -0.05) is 12.0 Å². The molecule has 0 bridgehead atoms. The number of benzene rings is 1. The van der Waals surface area contributed by atoms with Crippen molar-refractivity contribution < 1.29 is 14.2 Å². The molecule has 0 aliphatic heterocycles. The van der Waals surface area contributed by atoms with E-state index in [9.17, 15) is 0 Å². The SMILES string of the molecule is C#CCNC(=NCCc1ccc(OC)c(OC)c1OC)NCC.I. The van der Waals surface area contributed by atoms with E-state index in [4.69, 9.17) is 20.6 Å². The van der Waals surface area contributed by atoms with Crippen molar-refractivity contribution in [2.75, 3.05) is 41.0 Å². The van der Waals surface area contributed by atoms with Gasteiger partial charge in [0.25, 0.3) is 0 Å². The summed E-state index contributed by atoms with van der Waals surface area (Å²) in [5.74, 6) is 5.13. The molecule has 0 amide bonds. The van der Waals surface area contributed by atoms with Crippen molar-refractivity contribution in [2.24, 2.45) is 4.99 Å². The lowest BCUT2D eigenvalue weighted by atomic mass is 10.1. The molecule has 0 saturated heterocycles. The van der Waals surface area contributed by atoms with Crippen LogP contribution in [0.5, 0.6) is 17.2 Å². The third kappa shape index (κ3) is 6.35. The molecule has 7 heteroatoms. The minimum absolute atomic E-state index is 0. The second-order valence-electron chi connectivity index (χ2n) is 4.56. The first kappa shape index (κ1) is 22.2. The predicted molar refractivity (Wildman–Crippen MR) is 108 cm³/mol. The van der Waals surface area contributed by atoms with Gasteiger partial charge in [-0.2, -0.15) is 0 Å². The van der Waals surface area contributed by atoms with Crippen molar-refractivity contribution in [1.29, 1.82) is 0 Å². The first-order valence-electron chi connectivity index (χ1n) is 7.45. The largest absolute Gasteiger partial charge is 0.493 e. The van der Waals surface area contributed by atoms with Gasteiger partial charge in [0.2, 0.25) is 5.75 Å². The van der Waals surface area contributed by atoms with E-state index in [2.05, 4.69) is 21.5 Å². The van der Waals surface area contributed by atoms with Gasteiger partial charge in [0.15, 0.2) is 17.5 Å². The van der Waals surface area contributed by atoms with Gasteiger partial charge in [-0.05, 0) is 19.4 Å². The highest BCUT2D eigenvalue weighted by atomic mass is 127. The molecule has 0 aromatic heterocycles. The van der Waals surface area contributed by atoms with Crippen LogP contribution in [0, 0.1) is 12.3 Å². The number of nitrogens with zero attached hydrogens (tertiary/aromatic N) is 1. The van der Waals surface area contributed by atoms with Gasteiger partial charge in [-0.15, -0.1) is 30.4 Å². The molecule has 1 aromatic rings. The smallest absolute Gasteiger partial charge is 0.203 e. The van der Waals surface area contributed by atoms with Gasteiger partial charge in [0, 0.05) is 18.7 Å². The maximum Gasteiger partial charge on any atom is 0.203 e. The fourth-order valence-electron chi connectivity index (χ4n) is 2.12. The number of rotatable bonds is 8. The maximum atomic E-state index is 5.47. The summed E-state index contributed by atoms with van der Waals surface area (Å²) in [6, 6.07) is 3.82. The summed E-state index contributed by atoms with van der Waals surface area (Å²) in [5, 5.41) is 6.19. The molecular formula is C17H26IN3O3. The predicted octanol–water partition coefficient (Wildman–Crippen LogP) is 2.06. The molecule has 134 valence electrons. The van der Waals surface area contributed by atoms with Crippen molar-refractivity contribution in [3.63, 3.8) is 0 Å². The van der Waals surface area contributed by atoms with E-state index in [0.717, 1.165) is 12.1 Å². The standard InChI is InChI=1S/C17H25N3O3.HI/c1-6-11-19-17(18-7-2)20-12-10-13-8-9-14(21-3)16(23-5)15(13)22-4;/h1,8-9H,7,10-12H2,2-5H3,(H2,18,19,20);1H. The summed E-state index contributed by atoms with van der Waals surface area (Å²) in [6.45, 7) is 3.80. The molecule has 0 unspecified atom stereocenters. The van der Waals surface area contributed by atoms with Crippen LogP contribution in [0.25, 0.3) is 0 Å². The average Bonchev–Trinajstić information content (AvgIpc) is 2.58. The topological polar surface area (TPSA) is 64.1 Å². The minimum Gasteiger partial charge on any atom is -0.493 e. The Hall–Kier alpha value is -1.82. The van der Waals surface area contributed by atoms with E-state index in [0.29, 0.717) is 42.7 Å². The molecule has 1 rings (SSSR count). The Morgan fingerprint density at radius 1 is 1.12 bits per heavy atom. The Labute approximate surface area is 161 Å². The maximum absolute atomic E-state index is 5.47. The minimum atomic E-state index is 0. The highest BCUT2D eigenvalue weighted by Gasteiger charge is 2.15. The average molecular weight is 447 g/mol. The number of guanidine groups is 1. The lowest BCUT2D eigenvalue weighted by Crippen LogP contribution is -2.37. The Kier molecular flexibility index (Phi) is 11.6. The first-order chi connectivity index (χ1) is 11.2. The van der Waals surface area contributed by atoms with Crippen LogP contribution < -0.4 is 24.8 Å². The van der Waals surface area contributed by atoms with Crippen LogP contribution in [0.3, 0.4) is 0 Å². The Balaban J connectivity index is 0.00000529. The van der Waals surface area contributed by atoms with Gasteiger partial charge in [-0.25, -0.2) is 0 Å². The monoisotopic (exact) mass is 447 g/mol. The summed E-state index contributed by atoms with van der Waals surface area (Å²) < 4.78 is 16.1. The first-order valence-corrected chi connectivity index (χ1v) is 7.45. The zero-order valence-corrected chi connectivity index (χ0v) is 17.0. The molecule has 24 heavy (non-hydrogen) atoms. The van der Waals surface area contributed by atoms with E-state index < -0.39 is 0 Å². The second-order valence-corrected chi connectivity index (χ2v) is 4.56. The van der Waals surface area contributed by atoms with Crippen molar-refractivity contribution in [2.45, 2.75) is 13.3 Å². The van der Waals surface area contributed by atoms with Crippen molar-refractivity contribution in [1.82, 2.24) is 10.6 Å². The Morgan fingerprint density at radius 2 is 1.83 bits per heavy atom. The van der Waals surface area contributed by atoms with Gasteiger partial charge >= 0.3 is 0 Å². The van der Waals surface area contributed by atoms with Crippen LogP contribution in [-0.4, -0.2) is 46.9 Å². The van der Waals surface area contributed by atoms with Gasteiger partial charge < -0.3 is 24.8 Å². The lowest BCUT2D eigenvalue weighted by molar-refractivity contribution is 0.322. The van der Waals surface area contributed by atoms with Crippen LogP contribution in [0.1, 0.15) is 12.5 Å². The van der Waals surface area contributed by atoms with E-state index >= 15 is 0 Å². The number of terminal acetylenes is 1. The van der Waals surface area contributed by atoms with Crippen LogP contribution in [0.4, 0.5) is 0 Å². The van der Waals surface area contributed by atoms with Gasteiger partial charge in [0.1, 0.15) is 0 Å². The quantitative estimate of drug-likeness (QED) is 0.277. The summed E-state index contributed by atoms with van der Waals surface area (Å²) in [6.07, 6.45) is 5.96. The highest BCUT2D eigenvalue weighted by Crippen LogP contribution is 2.39. The molecule has 0 heterocycles. The fraction of sp³-hybridized carbons (Fsp3) is 0.471.